The van der Waals surface area contributed by atoms with Gasteiger partial charge in [-0.1, -0.05) is 0 Å². The lowest BCUT2D eigenvalue weighted by Gasteiger charge is -2.10. The van der Waals surface area contributed by atoms with E-state index in [2.05, 4.69) is 17.2 Å². The van der Waals surface area contributed by atoms with Crippen molar-refractivity contribution in [3.8, 4) is 0 Å². The molecular formula is C5H9N2. The molecule has 2 nitrogen and oxygen atoms in total. The van der Waals surface area contributed by atoms with Gasteiger partial charge in [0.1, 0.15) is 0 Å². The van der Waals surface area contributed by atoms with Gasteiger partial charge in [-0.15, -0.1) is 0 Å². The lowest BCUT2D eigenvalue weighted by atomic mass is 10.2. The predicted octanol–water partition coefficient (Wildman–Crippen LogP) is 0.211. The molecule has 1 atom stereocenters. The third kappa shape index (κ3) is 1.18. The summed E-state index contributed by atoms with van der Waals surface area (Å²) in [6.07, 6.45) is 2.79. The van der Waals surface area contributed by atoms with Gasteiger partial charge in [-0.05, 0) is 13.3 Å². The second kappa shape index (κ2) is 1.96. The van der Waals surface area contributed by atoms with Gasteiger partial charge in [-0.2, -0.15) is 0 Å². The van der Waals surface area contributed by atoms with E-state index >= 15 is 0 Å². The van der Waals surface area contributed by atoms with E-state index in [1.807, 2.05) is 0 Å². The summed E-state index contributed by atoms with van der Waals surface area (Å²) in [5.41, 5.74) is 0. The molecule has 0 aliphatic carbocycles. The second-order valence-corrected chi connectivity index (χ2v) is 1.67. The summed E-state index contributed by atoms with van der Waals surface area (Å²) >= 11 is 0. The van der Waals surface area contributed by atoms with Gasteiger partial charge in [0.2, 0.25) is 0 Å². The molecule has 0 aromatic carbocycles. The standard InChI is InChI=1S/C5H9N2/c1-5-2-3-6-4-7-5/h4-5H,1-3H2,(H,6,7)/t5-/m0/s1. The zero-order valence-electron chi connectivity index (χ0n) is 4.22. The molecular weight excluding hydrogens is 88.1 g/mol. The zero-order valence-corrected chi connectivity index (χ0v) is 4.22. The molecule has 0 aromatic heterocycles. The van der Waals surface area contributed by atoms with Crippen LogP contribution in [0.4, 0.5) is 0 Å². The van der Waals surface area contributed by atoms with E-state index in [0.717, 1.165) is 13.0 Å². The fraction of sp³-hybridized carbons (Fsp3) is 0.600. The molecule has 0 unspecified atom stereocenters. The molecule has 1 N–H and O–H groups in total. The van der Waals surface area contributed by atoms with E-state index < -0.39 is 0 Å². The number of nitrogens with one attached hydrogen (secondary N) is 1. The van der Waals surface area contributed by atoms with Crippen LogP contribution in [-0.4, -0.2) is 18.9 Å². The lowest BCUT2D eigenvalue weighted by molar-refractivity contribution is 0.667. The Morgan fingerprint density at radius 1 is 1.86 bits per heavy atom. The van der Waals surface area contributed by atoms with Crippen molar-refractivity contribution in [1.82, 2.24) is 5.32 Å². The van der Waals surface area contributed by atoms with Crippen molar-refractivity contribution in [1.29, 1.82) is 0 Å². The SMILES string of the molecule is [CH2][C@H]1CCNC=N1. The Morgan fingerprint density at radius 2 is 2.71 bits per heavy atom. The predicted molar refractivity (Wildman–Crippen MR) is 30.3 cm³/mol. The maximum absolute atomic E-state index is 3.98. The largest absolute Gasteiger partial charge is 0.376 e. The van der Waals surface area contributed by atoms with Crippen molar-refractivity contribution in [2.24, 2.45) is 4.99 Å². The van der Waals surface area contributed by atoms with Gasteiger partial charge < -0.3 is 5.32 Å². The highest BCUT2D eigenvalue weighted by Gasteiger charge is 1.99. The Kier molecular flexibility index (Phi) is 1.29. The average Bonchev–Trinajstić information content (AvgIpc) is 1.69. The van der Waals surface area contributed by atoms with Crippen LogP contribution in [0.25, 0.3) is 0 Å². The number of rotatable bonds is 0. The smallest absolute Gasteiger partial charge is 0.0827 e. The minimum atomic E-state index is 0.293. The fourth-order valence-corrected chi connectivity index (χ4v) is 0.547. The summed E-state index contributed by atoms with van der Waals surface area (Å²) in [5.74, 6) is 0. The number of hydrogen-bond acceptors (Lipinski definition) is 2. The lowest BCUT2D eigenvalue weighted by Crippen LogP contribution is -2.22. The van der Waals surface area contributed by atoms with Crippen molar-refractivity contribution >= 4 is 6.34 Å². The van der Waals surface area contributed by atoms with E-state index in [1.165, 1.54) is 0 Å². The first-order valence-electron chi connectivity index (χ1n) is 2.48. The Bertz CT molecular complexity index is 78.1. The van der Waals surface area contributed by atoms with Gasteiger partial charge in [-0.25, -0.2) is 0 Å². The summed E-state index contributed by atoms with van der Waals surface area (Å²) in [6, 6.07) is 0.293. The summed E-state index contributed by atoms with van der Waals surface area (Å²) in [4.78, 5) is 3.98. The van der Waals surface area contributed by atoms with Gasteiger partial charge in [0.25, 0.3) is 0 Å². The third-order valence-corrected chi connectivity index (χ3v) is 0.999. The van der Waals surface area contributed by atoms with Gasteiger partial charge in [0, 0.05) is 6.54 Å². The molecule has 1 heterocycles. The van der Waals surface area contributed by atoms with Crippen molar-refractivity contribution in [3.63, 3.8) is 0 Å². The molecule has 0 fully saturated rings. The van der Waals surface area contributed by atoms with E-state index in [0.29, 0.717) is 6.04 Å². The van der Waals surface area contributed by atoms with Crippen LogP contribution < -0.4 is 5.32 Å². The zero-order chi connectivity index (χ0) is 5.11. The van der Waals surface area contributed by atoms with Crippen molar-refractivity contribution in [2.45, 2.75) is 12.5 Å². The molecule has 7 heavy (non-hydrogen) atoms. The average molecular weight is 97.1 g/mol. The van der Waals surface area contributed by atoms with Crippen LogP contribution in [0.2, 0.25) is 0 Å². The Morgan fingerprint density at radius 3 is 3.00 bits per heavy atom. The van der Waals surface area contributed by atoms with Crippen LogP contribution in [0.1, 0.15) is 6.42 Å². The van der Waals surface area contributed by atoms with Gasteiger partial charge in [0.05, 0.1) is 12.4 Å². The monoisotopic (exact) mass is 97.1 g/mol. The minimum Gasteiger partial charge on any atom is -0.376 e. The molecule has 0 spiro atoms. The Balaban J connectivity index is 2.36. The summed E-state index contributed by atoms with van der Waals surface area (Å²) in [5, 5.41) is 2.98. The van der Waals surface area contributed by atoms with Crippen LogP contribution >= 0.6 is 0 Å². The van der Waals surface area contributed by atoms with Gasteiger partial charge in [-0.3, -0.25) is 4.99 Å². The van der Waals surface area contributed by atoms with Crippen molar-refractivity contribution in [2.75, 3.05) is 6.54 Å². The molecule has 1 aliphatic heterocycles. The van der Waals surface area contributed by atoms with Crippen molar-refractivity contribution in [3.05, 3.63) is 6.92 Å². The second-order valence-electron chi connectivity index (χ2n) is 1.67. The van der Waals surface area contributed by atoms with E-state index in [4.69, 9.17) is 0 Å². The summed E-state index contributed by atoms with van der Waals surface area (Å²) in [7, 11) is 0. The fourth-order valence-electron chi connectivity index (χ4n) is 0.547. The molecule has 0 aromatic rings. The Hall–Kier alpha value is -0.530. The Labute approximate surface area is 43.6 Å². The van der Waals surface area contributed by atoms with Crippen molar-refractivity contribution < 1.29 is 0 Å². The minimum absolute atomic E-state index is 0.293. The highest BCUT2D eigenvalue weighted by Crippen LogP contribution is 1.95. The van der Waals surface area contributed by atoms with Crippen LogP contribution in [0.5, 0.6) is 0 Å². The molecule has 39 valence electrons. The summed E-state index contributed by atoms with van der Waals surface area (Å²) < 4.78 is 0. The first kappa shape index (κ1) is 4.62. The normalized spacial score (nSPS) is 29.6. The van der Waals surface area contributed by atoms with Crippen LogP contribution in [0.3, 0.4) is 0 Å². The van der Waals surface area contributed by atoms with Crippen LogP contribution in [0, 0.1) is 6.92 Å². The molecule has 0 saturated heterocycles. The van der Waals surface area contributed by atoms with Gasteiger partial charge >= 0.3 is 0 Å². The maximum Gasteiger partial charge on any atom is 0.0827 e. The highest BCUT2D eigenvalue weighted by atomic mass is 15.0. The summed E-state index contributed by atoms with van der Waals surface area (Å²) in [6.45, 7) is 4.79. The highest BCUT2D eigenvalue weighted by molar-refractivity contribution is 5.55. The maximum atomic E-state index is 3.98. The number of nitrogens with zero attached hydrogens (tertiary/aromatic N) is 1. The molecule has 1 rings (SSSR count). The van der Waals surface area contributed by atoms with Gasteiger partial charge in [0.15, 0.2) is 0 Å². The van der Waals surface area contributed by atoms with Crippen LogP contribution in [0.15, 0.2) is 4.99 Å². The van der Waals surface area contributed by atoms with E-state index in [1.54, 1.807) is 6.34 Å². The van der Waals surface area contributed by atoms with E-state index in [9.17, 15) is 0 Å². The topological polar surface area (TPSA) is 24.4 Å². The molecule has 0 saturated carbocycles. The molecule has 1 radical (unpaired) electrons. The quantitative estimate of drug-likeness (QED) is 0.459. The molecule has 0 bridgehead atoms. The van der Waals surface area contributed by atoms with E-state index in [-0.39, 0.29) is 0 Å². The first-order valence-corrected chi connectivity index (χ1v) is 2.48. The first-order chi connectivity index (χ1) is 3.39. The third-order valence-electron chi connectivity index (χ3n) is 0.999. The molecule has 2 heteroatoms. The number of aliphatic imine (C=N–C) groups is 1. The number of hydrogen-bond donors (Lipinski definition) is 1. The molecule has 0 amide bonds. The molecule has 1 aliphatic rings. The van der Waals surface area contributed by atoms with Crippen LogP contribution in [-0.2, 0) is 0 Å².